The Labute approximate surface area is 87.4 Å². The van der Waals surface area contributed by atoms with Crippen LogP contribution in [0.1, 0.15) is 13.8 Å². The highest BCUT2D eigenvalue weighted by Crippen LogP contribution is 2.23. The molecule has 4 heteroatoms. The van der Waals surface area contributed by atoms with Crippen molar-refractivity contribution in [2.75, 3.05) is 0 Å². The molecule has 0 radical (unpaired) electrons. The van der Waals surface area contributed by atoms with Crippen LogP contribution < -0.4 is 4.74 Å². The molecule has 2 nitrogen and oxygen atoms in total. The van der Waals surface area contributed by atoms with Crippen LogP contribution in [-0.4, -0.2) is 11.3 Å². The van der Waals surface area contributed by atoms with Gasteiger partial charge >= 0.3 is 0 Å². The first-order valence-corrected chi connectivity index (χ1v) is 4.58. The van der Waals surface area contributed by atoms with E-state index in [9.17, 15) is 4.39 Å². The number of aliphatic imine (C=N–C) groups is 1. The fourth-order valence-corrected chi connectivity index (χ4v) is 1.07. The highest BCUT2D eigenvalue weighted by molar-refractivity contribution is 7.78. The van der Waals surface area contributed by atoms with Crippen LogP contribution in [0, 0.1) is 5.82 Å². The molecule has 14 heavy (non-hydrogen) atoms. The molecular formula is C10H10FNOS. The van der Waals surface area contributed by atoms with Gasteiger partial charge in [0.2, 0.25) is 0 Å². The van der Waals surface area contributed by atoms with E-state index in [1.807, 2.05) is 13.8 Å². The molecule has 0 heterocycles. The quantitative estimate of drug-likeness (QED) is 0.565. The standard InChI is InChI=1S/C10H10FNOS/c1-7(2)13-10-4-3-8(12-6-14)5-9(10)11/h3-5,7H,1-2H3. The summed E-state index contributed by atoms with van der Waals surface area (Å²) >= 11 is 4.41. The summed E-state index contributed by atoms with van der Waals surface area (Å²) in [6, 6.07) is 4.41. The van der Waals surface area contributed by atoms with Gasteiger partial charge in [0.1, 0.15) is 0 Å². The number of hydrogen-bond donors (Lipinski definition) is 0. The summed E-state index contributed by atoms with van der Waals surface area (Å²) in [5.74, 6) is -0.214. The van der Waals surface area contributed by atoms with Gasteiger partial charge in [0, 0.05) is 6.07 Å². The summed E-state index contributed by atoms with van der Waals surface area (Å²) in [5.41, 5.74) is 0.439. The molecule has 0 saturated heterocycles. The van der Waals surface area contributed by atoms with Gasteiger partial charge < -0.3 is 4.74 Å². The second-order valence-electron chi connectivity index (χ2n) is 2.98. The van der Waals surface area contributed by atoms with Crippen LogP contribution >= 0.6 is 12.2 Å². The maximum Gasteiger partial charge on any atom is 0.167 e. The lowest BCUT2D eigenvalue weighted by molar-refractivity contribution is 0.231. The molecule has 0 aromatic heterocycles. The Morgan fingerprint density at radius 2 is 2.21 bits per heavy atom. The number of halogens is 1. The zero-order chi connectivity index (χ0) is 10.6. The van der Waals surface area contributed by atoms with Gasteiger partial charge in [0.25, 0.3) is 0 Å². The zero-order valence-corrected chi connectivity index (χ0v) is 8.77. The zero-order valence-electron chi connectivity index (χ0n) is 7.95. The fraction of sp³-hybridized carbons (Fsp3) is 0.300. The Kier molecular flexibility index (Phi) is 3.74. The molecule has 0 spiro atoms. The summed E-state index contributed by atoms with van der Waals surface area (Å²) in [6.45, 7) is 3.67. The molecule has 0 unspecified atom stereocenters. The van der Waals surface area contributed by atoms with Crippen LogP contribution in [0.4, 0.5) is 10.1 Å². The molecule has 74 valence electrons. The van der Waals surface area contributed by atoms with E-state index < -0.39 is 5.82 Å². The number of hydrogen-bond acceptors (Lipinski definition) is 3. The monoisotopic (exact) mass is 211 g/mol. The number of nitrogens with zero attached hydrogens (tertiary/aromatic N) is 1. The van der Waals surface area contributed by atoms with Gasteiger partial charge in [-0.15, -0.1) is 0 Å². The molecule has 1 aromatic carbocycles. The Morgan fingerprint density at radius 3 is 2.71 bits per heavy atom. The van der Waals surface area contributed by atoms with Crippen molar-refractivity contribution in [1.82, 2.24) is 0 Å². The normalized spacial score (nSPS) is 9.71. The lowest BCUT2D eigenvalue weighted by atomic mass is 10.3. The molecular weight excluding hydrogens is 201 g/mol. The van der Waals surface area contributed by atoms with Crippen LogP contribution in [0.25, 0.3) is 0 Å². The van der Waals surface area contributed by atoms with Crippen LogP contribution in [0.3, 0.4) is 0 Å². The minimum Gasteiger partial charge on any atom is -0.488 e. The smallest absolute Gasteiger partial charge is 0.167 e. The Morgan fingerprint density at radius 1 is 1.50 bits per heavy atom. The van der Waals surface area contributed by atoms with Crippen molar-refractivity contribution in [2.24, 2.45) is 4.99 Å². The second kappa shape index (κ2) is 4.84. The number of isothiocyanates is 1. The number of thiocarbonyl (C=S) groups is 1. The molecule has 0 bridgehead atoms. The molecule has 0 N–H and O–H groups in total. The third-order valence-electron chi connectivity index (χ3n) is 1.45. The topological polar surface area (TPSA) is 21.6 Å². The van der Waals surface area contributed by atoms with Crippen molar-refractivity contribution >= 4 is 23.1 Å². The molecule has 0 atom stereocenters. The van der Waals surface area contributed by atoms with E-state index in [2.05, 4.69) is 22.4 Å². The SMILES string of the molecule is CC(C)Oc1ccc(N=C=S)cc1F. The molecule has 0 amide bonds. The van der Waals surface area contributed by atoms with E-state index in [1.165, 1.54) is 12.1 Å². The minimum atomic E-state index is -0.440. The summed E-state index contributed by atoms with van der Waals surface area (Å²) in [4.78, 5) is 3.66. The molecule has 1 aromatic rings. The van der Waals surface area contributed by atoms with Gasteiger partial charge in [0.05, 0.1) is 17.0 Å². The number of benzene rings is 1. The first kappa shape index (κ1) is 10.8. The minimum absolute atomic E-state index is 0.0515. The van der Waals surface area contributed by atoms with Crippen molar-refractivity contribution in [3.63, 3.8) is 0 Å². The van der Waals surface area contributed by atoms with Crippen molar-refractivity contribution in [3.8, 4) is 5.75 Å². The summed E-state index contributed by atoms with van der Waals surface area (Å²) in [5, 5.41) is 2.17. The lowest BCUT2D eigenvalue weighted by Crippen LogP contribution is -2.06. The second-order valence-corrected chi connectivity index (χ2v) is 3.17. The average molecular weight is 211 g/mol. The van der Waals surface area contributed by atoms with Gasteiger partial charge in [-0.2, -0.15) is 4.99 Å². The van der Waals surface area contributed by atoms with E-state index in [-0.39, 0.29) is 11.9 Å². The molecule has 1 rings (SSSR count). The largest absolute Gasteiger partial charge is 0.488 e. The maximum absolute atomic E-state index is 13.3. The highest BCUT2D eigenvalue weighted by atomic mass is 32.1. The van der Waals surface area contributed by atoms with Crippen LogP contribution in [0.5, 0.6) is 5.75 Å². The van der Waals surface area contributed by atoms with Crippen molar-refractivity contribution in [1.29, 1.82) is 0 Å². The summed E-state index contributed by atoms with van der Waals surface area (Å²) in [6.07, 6.45) is -0.0515. The first-order valence-electron chi connectivity index (χ1n) is 4.17. The van der Waals surface area contributed by atoms with Gasteiger partial charge in [-0.1, -0.05) is 0 Å². The Balaban J connectivity index is 2.95. The predicted octanol–water partition coefficient (Wildman–Crippen LogP) is 3.35. The number of ether oxygens (including phenoxy) is 1. The predicted molar refractivity (Wildman–Crippen MR) is 56.9 cm³/mol. The number of rotatable bonds is 3. The van der Waals surface area contributed by atoms with Crippen molar-refractivity contribution in [3.05, 3.63) is 24.0 Å². The van der Waals surface area contributed by atoms with Crippen molar-refractivity contribution in [2.45, 2.75) is 20.0 Å². The van der Waals surface area contributed by atoms with E-state index in [1.54, 1.807) is 6.07 Å². The summed E-state index contributed by atoms with van der Waals surface area (Å²) < 4.78 is 18.5. The van der Waals surface area contributed by atoms with Crippen LogP contribution in [-0.2, 0) is 0 Å². The third kappa shape index (κ3) is 2.91. The molecule has 0 aliphatic rings. The van der Waals surface area contributed by atoms with Gasteiger partial charge in [-0.3, -0.25) is 0 Å². The van der Waals surface area contributed by atoms with E-state index in [4.69, 9.17) is 4.74 Å². The van der Waals surface area contributed by atoms with Gasteiger partial charge in [-0.05, 0) is 38.2 Å². The first-order chi connectivity index (χ1) is 6.63. The lowest BCUT2D eigenvalue weighted by Gasteiger charge is -2.10. The fourth-order valence-electron chi connectivity index (χ4n) is 0.962. The third-order valence-corrected chi connectivity index (χ3v) is 1.54. The average Bonchev–Trinajstić information content (AvgIpc) is 2.10. The van der Waals surface area contributed by atoms with E-state index >= 15 is 0 Å². The Hall–Kier alpha value is -1.25. The molecule has 0 aliphatic carbocycles. The summed E-state index contributed by atoms with van der Waals surface area (Å²) in [7, 11) is 0. The molecule has 0 fully saturated rings. The van der Waals surface area contributed by atoms with Crippen LogP contribution in [0.15, 0.2) is 23.2 Å². The van der Waals surface area contributed by atoms with Crippen LogP contribution in [0.2, 0.25) is 0 Å². The van der Waals surface area contributed by atoms with E-state index in [0.717, 1.165) is 0 Å². The highest BCUT2D eigenvalue weighted by Gasteiger charge is 2.05. The van der Waals surface area contributed by atoms with Gasteiger partial charge in [0.15, 0.2) is 11.6 Å². The van der Waals surface area contributed by atoms with Crippen molar-refractivity contribution < 1.29 is 9.13 Å². The van der Waals surface area contributed by atoms with E-state index in [0.29, 0.717) is 5.69 Å². The molecule has 0 aliphatic heterocycles. The Bertz CT molecular complexity index is 372. The maximum atomic E-state index is 13.3. The van der Waals surface area contributed by atoms with Gasteiger partial charge in [-0.25, -0.2) is 4.39 Å². The molecule has 0 saturated carbocycles.